The highest BCUT2D eigenvalue weighted by atomic mass is 19.3. The summed E-state index contributed by atoms with van der Waals surface area (Å²) in [7, 11) is 0. The molecular weight excluding hydrogens is 178 g/mol. The summed E-state index contributed by atoms with van der Waals surface area (Å²) in [6.07, 6.45) is -0.179. The van der Waals surface area contributed by atoms with Crippen LogP contribution >= 0.6 is 0 Å². The van der Waals surface area contributed by atoms with Crippen LogP contribution in [0.4, 0.5) is 8.78 Å². The van der Waals surface area contributed by atoms with Gasteiger partial charge in [-0.15, -0.1) is 0 Å². The number of piperidine rings is 1. The van der Waals surface area contributed by atoms with Crippen molar-refractivity contribution in [2.45, 2.75) is 19.3 Å². The minimum atomic E-state index is -2.59. The minimum absolute atomic E-state index is 0.0837. The molecule has 0 aliphatic carbocycles. The molecule has 1 rings (SSSR count). The Labute approximate surface area is 75.9 Å². The van der Waals surface area contributed by atoms with Crippen LogP contribution in [0.5, 0.6) is 0 Å². The first-order valence-electron chi connectivity index (χ1n) is 4.30. The molecule has 1 fully saturated rings. The van der Waals surface area contributed by atoms with Crippen molar-refractivity contribution in [3.05, 3.63) is 0 Å². The number of amides is 1. The maximum atomic E-state index is 13.0. The van der Waals surface area contributed by atoms with E-state index in [1.165, 1.54) is 6.92 Å². The molecule has 1 atom stereocenters. The Morgan fingerprint density at radius 1 is 1.69 bits per heavy atom. The highest BCUT2D eigenvalue weighted by Crippen LogP contribution is 2.32. The number of likely N-dealkylation sites (tertiary alicyclic amines) is 1. The lowest BCUT2D eigenvalue weighted by atomic mass is 9.95. The fourth-order valence-electron chi connectivity index (χ4n) is 1.53. The van der Waals surface area contributed by atoms with Crippen molar-refractivity contribution in [2.24, 2.45) is 11.7 Å². The zero-order valence-electron chi connectivity index (χ0n) is 7.59. The van der Waals surface area contributed by atoms with Gasteiger partial charge in [-0.25, -0.2) is 8.78 Å². The Bertz CT molecular complexity index is 208. The van der Waals surface area contributed by atoms with Crippen molar-refractivity contribution in [3.63, 3.8) is 0 Å². The van der Waals surface area contributed by atoms with Gasteiger partial charge in [-0.1, -0.05) is 6.92 Å². The van der Waals surface area contributed by atoms with Gasteiger partial charge in [-0.05, 0) is 0 Å². The number of rotatable bonds is 2. The molecule has 1 unspecified atom stereocenters. The topological polar surface area (TPSA) is 46.3 Å². The van der Waals surface area contributed by atoms with E-state index in [0.717, 1.165) is 0 Å². The minimum Gasteiger partial charge on any atom is -0.369 e. The van der Waals surface area contributed by atoms with Crippen LogP contribution in [-0.2, 0) is 4.79 Å². The number of nitrogens with two attached hydrogens (primary N) is 1. The lowest BCUT2D eigenvalue weighted by Crippen LogP contribution is -2.48. The van der Waals surface area contributed by atoms with Crippen LogP contribution < -0.4 is 5.73 Å². The molecule has 13 heavy (non-hydrogen) atoms. The van der Waals surface area contributed by atoms with Gasteiger partial charge in [-0.3, -0.25) is 9.69 Å². The van der Waals surface area contributed by atoms with Crippen molar-refractivity contribution in [3.8, 4) is 0 Å². The van der Waals surface area contributed by atoms with E-state index in [-0.39, 0.29) is 26.1 Å². The molecule has 1 aliphatic rings. The second-order valence-corrected chi connectivity index (χ2v) is 3.61. The van der Waals surface area contributed by atoms with Gasteiger partial charge in [0, 0.05) is 25.4 Å². The molecule has 1 heterocycles. The molecule has 76 valence electrons. The molecule has 0 bridgehead atoms. The third-order valence-corrected chi connectivity index (χ3v) is 2.39. The van der Waals surface area contributed by atoms with E-state index in [0.29, 0.717) is 0 Å². The maximum absolute atomic E-state index is 13.0. The lowest BCUT2D eigenvalue weighted by molar-refractivity contribution is -0.125. The highest BCUT2D eigenvalue weighted by molar-refractivity contribution is 5.75. The molecule has 2 N–H and O–H groups in total. The van der Waals surface area contributed by atoms with Crippen molar-refractivity contribution in [1.82, 2.24) is 4.90 Å². The van der Waals surface area contributed by atoms with Gasteiger partial charge >= 0.3 is 0 Å². The second-order valence-electron chi connectivity index (χ2n) is 3.61. The lowest BCUT2D eigenvalue weighted by Gasteiger charge is -2.35. The molecule has 0 saturated carbocycles. The van der Waals surface area contributed by atoms with Crippen molar-refractivity contribution in [2.75, 3.05) is 19.6 Å². The number of carbonyl (C=O) groups excluding carboxylic acids is 1. The predicted molar refractivity (Wildman–Crippen MR) is 44.4 cm³/mol. The van der Waals surface area contributed by atoms with Gasteiger partial charge in [0.1, 0.15) is 0 Å². The van der Waals surface area contributed by atoms with Crippen LogP contribution in [0.1, 0.15) is 13.3 Å². The molecular formula is C8H14F2N2O. The number of carbonyl (C=O) groups is 1. The number of halogens is 2. The normalized spacial score (nSPS) is 28.7. The summed E-state index contributed by atoms with van der Waals surface area (Å²) in [5.41, 5.74) is 4.97. The van der Waals surface area contributed by atoms with Gasteiger partial charge in [0.05, 0.1) is 6.54 Å². The van der Waals surface area contributed by atoms with E-state index in [9.17, 15) is 13.6 Å². The molecule has 0 aromatic heterocycles. The molecule has 0 aromatic rings. The monoisotopic (exact) mass is 192 g/mol. The van der Waals surface area contributed by atoms with E-state index in [4.69, 9.17) is 5.73 Å². The van der Waals surface area contributed by atoms with E-state index in [2.05, 4.69) is 0 Å². The Kier molecular flexibility index (Phi) is 2.85. The summed E-state index contributed by atoms with van der Waals surface area (Å²) in [6.45, 7) is 2.07. The van der Waals surface area contributed by atoms with E-state index >= 15 is 0 Å². The quantitative estimate of drug-likeness (QED) is 0.690. The van der Waals surface area contributed by atoms with Gasteiger partial charge < -0.3 is 5.73 Å². The zero-order valence-corrected chi connectivity index (χ0v) is 7.59. The Morgan fingerprint density at radius 2 is 2.31 bits per heavy atom. The molecule has 1 amide bonds. The number of alkyl halides is 2. The summed E-state index contributed by atoms with van der Waals surface area (Å²) < 4.78 is 25.9. The highest BCUT2D eigenvalue weighted by Gasteiger charge is 2.41. The first kappa shape index (κ1) is 10.4. The maximum Gasteiger partial charge on any atom is 0.253 e. The van der Waals surface area contributed by atoms with Crippen LogP contribution in [-0.4, -0.2) is 36.4 Å². The molecule has 5 heteroatoms. The number of nitrogens with zero attached hydrogens (tertiary/aromatic N) is 1. The molecule has 0 radical (unpaired) electrons. The average molecular weight is 192 g/mol. The van der Waals surface area contributed by atoms with Crippen LogP contribution in [0.3, 0.4) is 0 Å². The summed E-state index contributed by atoms with van der Waals surface area (Å²) in [5.74, 6) is -3.74. The van der Waals surface area contributed by atoms with Gasteiger partial charge in [0.2, 0.25) is 5.91 Å². The molecule has 1 saturated heterocycles. The smallest absolute Gasteiger partial charge is 0.253 e. The van der Waals surface area contributed by atoms with Crippen molar-refractivity contribution in [1.29, 1.82) is 0 Å². The number of hydrogen-bond acceptors (Lipinski definition) is 2. The first-order chi connectivity index (χ1) is 5.92. The first-order valence-corrected chi connectivity index (χ1v) is 4.30. The van der Waals surface area contributed by atoms with Gasteiger partial charge in [0.15, 0.2) is 0 Å². The number of primary amides is 1. The van der Waals surface area contributed by atoms with Crippen molar-refractivity contribution < 1.29 is 13.6 Å². The Balaban J connectivity index is 2.46. The van der Waals surface area contributed by atoms with E-state index < -0.39 is 17.7 Å². The van der Waals surface area contributed by atoms with Crippen LogP contribution in [0.15, 0.2) is 0 Å². The standard InChI is InChI=1S/C8H14F2N2O/c1-6-4-12(5-7(11)13)3-2-8(6,9)10/h6H,2-5H2,1H3,(H2,11,13). The third-order valence-electron chi connectivity index (χ3n) is 2.39. The van der Waals surface area contributed by atoms with E-state index in [1.807, 2.05) is 0 Å². The SMILES string of the molecule is CC1CN(CC(N)=O)CCC1(F)F. The van der Waals surface area contributed by atoms with Gasteiger partial charge in [0.25, 0.3) is 5.92 Å². The fourth-order valence-corrected chi connectivity index (χ4v) is 1.53. The van der Waals surface area contributed by atoms with E-state index in [1.54, 1.807) is 4.90 Å². The molecule has 3 nitrogen and oxygen atoms in total. The fraction of sp³-hybridized carbons (Fsp3) is 0.875. The number of hydrogen-bond donors (Lipinski definition) is 1. The van der Waals surface area contributed by atoms with Crippen LogP contribution in [0.2, 0.25) is 0 Å². The largest absolute Gasteiger partial charge is 0.369 e. The summed E-state index contributed by atoms with van der Waals surface area (Å²) in [4.78, 5) is 12.2. The Hall–Kier alpha value is -0.710. The summed E-state index contributed by atoms with van der Waals surface area (Å²) in [5, 5.41) is 0. The van der Waals surface area contributed by atoms with Crippen LogP contribution in [0, 0.1) is 5.92 Å². The van der Waals surface area contributed by atoms with Crippen molar-refractivity contribution >= 4 is 5.91 Å². The molecule has 0 spiro atoms. The molecule has 0 aromatic carbocycles. The third kappa shape index (κ3) is 2.62. The zero-order chi connectivity index (χ0) is 10.1. The van der Waals surface area contributed by atoms with Crippen LogP contribution in [0.25, 0.3) is 0 Å². The Morgan fingerprint density at radius 3 is 2.77 bits per heavy atom. The van der Waals surface area contributed by atoms with Gasteiger partial charge in [-0.2, -0.15) is 0 Å². The second kappa shape index (κ2) is 3.57. The summed E-state index contributed by atoms with van der Waals surface area (Å²) in [6, 6.07) is 0. The molecule has 1 aliphatic heterocycles. The predicted octanol–water partition coefficient (Wildman–Crippen LogP) is 0.449. The summed E-state index contributed by atoms with van der Waals surface area (Å²) >= 11 is 0. The average Bonchev–Trinajstić information content (AvgIpc) is 1.97.